The first-order valence-corrected chi connectivity index (χ1v) is 4.53. The Kier molecular flexibility index (Phi) is 2.88. The van der Waals surface area contributed by atoms with Crippen LogP contribution in [-0.2, 0) is 0 Å². The highest BCUT2D eigenvalue weighted by Gasteiger charge is 1.99. The molecule has 12 heavy (non-hydrogen) atoms. The Morgan fingerprint density at radius 1 is 1.17 bits per heavy atom. The summed E-state index contributed by atoms with van der Waals surface area (Å²) < 4.78 is 1.11. The van der Waals surface area contributed by atoms with Crippen LogP contribution < -0.4 is 0 Å². The molecule has 0 saturated heterocycles. The Morgan fingerprint density at radius 3 is 2.17 bits per heavy atom. The third-order valence-electron chi connectivity index (χ3n) is 1.80. The molecule has 0 unspecified atom stereocenters. The van der Waals surface area contributed by atoms with Crippen LogP contribution >= 0.6 is 15.9 Å². The van der Waals surface area contributed by atoms with Gasteiger partial charge in [-0.1, -0.05) is 47.3 Å². The maximum atomic E-state index is 3.75. The average molecular weight is 223 g/mol. The van der Waals surface area contributed by atoms with Gasteiger partial charge in [0.05, 0.1) is 0 Å². The zero-order chi connectivity index (χ0) is 9.14. The minimum Gasteiger partial charge on any atom is -0.0984 e. The molecule has 0 N–H and O–H groups in total. The monoisotopic (exact) mass is 222 g/mol. The third-order valence-corrected chi connectivity index (χ3v) is 2.66. The van der Waals surface area contributed by atoms with Crippen molar-refractivity contribution >= 4 is 28.1 Å². The largest absolute Gasteiger partial charge is 0.0984 e. The Hall–Kier alpha value is -0.820. The first-order chi connectivity index (χ1) is 5.69. The van der Waals surface area contributed by atoms with Gasteiger partial charge in [0, 0.05) is 4.47 Å². The predicted octanol–water partition coefficient (Wildman–Crippen LogP) is 4.04. The molecule has 0 fully saturated rings. The molecule has 0 saturated carbocycles. The van der Waals surface area contributed by atoms with Gasteiger partial charge in [0.1, 0.15) is 0 Å². The Bertz CT molecular complexity index is 291. The fourth-order valence-electron chi connectivity index (χ4n) is 1.07. The molecule has 1 aromatic carbocycles. The maximum Gasteiger partial charge on any atom is 0.0210 e. The molecule has 1 aromatic rings. The normalized spacial score (nSPS) is 9.50. The van der Waals surface area contributed by atoms with Crippen LogP contribution in [0.4, 0.5) is 0 Å². The van der Waals surface area contributed by atoms with Crippen LogP contribution in [-0.4, -0.2) is 0 Å². The zero-order valence-electron chi connectivity index (χ0n) is 7.10. The molecule has 0 atom stereocenters. The second-order valence-corrected chi connectivity index (χ2v) is 3.49. The van der Waals surface area contributed by atoms with Gasteiger partial charge in [0.2, 0.25) is 0 Å². The molecule has 0 radical (unpaired) electrons. The summed E-state index contributed by atoms with van der Waals surface area (Å²) in [5.74, 6) is 0. The molecule has 1 heteroatoms. The Labute approximate surface area is 81.7 Å². The Balaban J connectivity index is 3.37. The first kappa shape index (κ1) is 9.27. The van der Waals surface area contributed by atoms with E-state index >= 15 is 0 Å². The van der Waals surface area contributed by atoms with Gasteiger partial charge in [-0.15, -0.1) is 0 Å². The summed E-state index contributed by atoms with van der Waals surface area (Å²) in [6, 6.07) is 4.15. The molecule has 0 aliphatic heterocycles. The molecule has 0 aliphatic rings. The quantitative estimate of drug-likeness (QED) is 0.709. The van der Waals surface area contributed by atoms with Crippen molar-refractivity contribution in [3.63, 3.8) is 0 Å². The van der Waals surface area contributed by atoms with Crippen LogP contribution in [0.25, 0.3) is 12.2 Å². The maximum absolute atomic E-state index is 3.75. The van der Waals surface area contributed by atoms with Crippen LogP contribution in [0.2, 0.25) is 0 Å². The van der Waals surface area contributed by atoms with Crippen molar-refractivity contribution in [2.75, 3.05) is 0 Å². The second-order valence-electron chi connectivity index (χ2n) is 2.64. The second kappa shape index (κ2) is 3.72. The predicted molar refractivity (Wildman–Crippen MR) is 59.1 cm³/mol. The van der Waals surface area contributed by atoms with Crippen LogP contribution in [0.15, 0.2) is 29.8 Å². The zero-order valence-corrected chi connectivity index (χ0v) is 8.69. The van der Waals surface area contributed by atoms with Crippen molar-refractivity contribution < 1.29 is 0 Å². The van der Waals surface area contributed by atoms with Gasteiger partial charge >= 0.3 is 0 Å². The van der Waals surface area contributed by atoms with Crippen molar-refractivity contribution in [1.82, 2.24) is 0 Å². The van der Waals surface area contributed by atoms with E-state index < -0.39 is 0 Å². The van der Waals surface area contributed by atoms with Gasteiger partial charge in [-0.2, -0.15) is 0 Å². The minimum atomic E-state index is 1.11. The molecule has 0 nitrogen and oxygen atoms in total. The molecule has 0 heterocycles. The molecular formula is C11H11Br. The van der Waals surface area contributed by atoms with E-state index in [1.165, 1.54) is 5.56 Å². The minimum absolute atomic E-state index is 1.11. The van der Waals surface area contributed by atoms with E-state index in [4.69, 9.17) is 0 Å². The van der Waals surface area contributed by atoms with Crippen molar-refractivity contribution in [1.29, 1.82) is 0 Å². The molecule has 0 aliphatic carbocycles. The van der Waals surface area contributed by atoms with Crippen LogP contribution in [0.3, 0.4) is 0 Å². The number of halogens is 1. The van der Waals surface area contributed by atoms with Gasteiger partial charge in [-0.3, -0.25) is 0 Å². The molecule has 1 rings (SSSR count). The molecule has 0 bridgehead atoms. The van der Waals surface area contributed by atoms with Crippen LogP contribution in [0.1, 0.15) is 16.7 Å². The highest BCUT2D eigenvalue weighted by atomic mass is 79.9. The Morgan fingerprint density at radius 2 is 1.67 bits per heavy atom. The van der Waals surface area contributed by atoms with Crippen LogP contribution in [0.5, 0.6) is 0 Å². The van der Waals surface area contributed by atoms with Crippen molar-refractivity contribution in [2.24, 2.45) is 0 Å². The first-order valence-electron chi connectivity index (χ1n) is 3.74. The van der Waals surface area contributed by atoms with Crippen molar-refractivity contribution in [3.8, 4) is 0 Å². The van der Waals surface area contributed by atoms with E-state index in [0.717, 1.165) is 15.6 Å². The molecule has 0 spiro atoms. The number of aryl methyl sites for hydroxylation is 1. The fraction of sp³-hybridized carbons (Fsp3) is 0.0909. The van der Waals surface area contributed by atoms with E-state index in [1.54, 1.807) is 0 Å². The molecular weight excluding hydrogens is 212 g/mol. The lowest BCUT2D eigenvalue weighted by atomic mass is 10.0. The van der Waals surface area contributed by atoms with Crippen LogP contribution in [0, 0.1) is 6.92 Å². The number of benzene rings is 1. The highest BCUT2D eigenvalue weighted by molar-refractivity contribution is 9.10. The van der Waals surface area contributed by atoms with E-state index in [-0.39, 0.29) is 0 Å². The number of hydrogen-bond acceptors (Lipinski definition) is 0. The van der Waals surface area contributed by atoms with Gasteiger partial charge in [-0.25, -0.2) is 0 Å². The highest BCUT2D eigenvalue weighted by Crippen LogP contribution is 2.22. The smallest absolute Gasteiger partial charge is 0.0210 e. The van der Waals surface area contributed by atoms with E-state index in [9.17, 15) is 0 Å². The number of rotatable bonds is 2. The third kappa shape index (κ3) is 1.67. The number of hydrogen-bond donors (Lipinski definition) is 0. The molecule has 0 amide bonds. The van der Waals surface area contributed by atoms with Gasteiger partial charge in [-0.05, 0) is 29.7 Å². The summed E-state index contributed by atoms with van der Waals surface area (Å²) in [5, 5.41) is 0. The lowest BCUT2D eigenvalue weighted by Gasteiger charge is -2.04. The molecule has 62 valence electrons. The summed E-state index contributed by atoms with van der Waals surface area (Å²) in [5.41, 5.74) is 3.46. The summed E-state index contributed by atoms with van der Waals surface area (Å²) in [6.07, 6.45) is 3.68. The molecule has 0 aromatic heterocycles. The van der Waals surface area contributed by atoms with Gasteiger partial charge < -0.3 is 0 Å². The van der Waals surface area contributed by atoms with Crippen molar-refractivity contribution in [2.45, 2.75) is 6.92 Å². The summed E-state index contributed by atoms with van der Waals surface area (Å²) in [6.45, 7) is 9.55. The summed E-state index contributed by atoms with van der Waals surface area (Å²) in [4.78, 5) is 0. The standard InChI is InChI=1S/C11H11Br/c1-4-9-6-8(3)11(12)7-10(9)5-2/h4-7H,1-2H2,3H3. The average Bonchev–Trinajstić information content (AvgIpc) is 2.09. The van der Waals surface area contributed by atoms with E-state index in [0.29, 0.717) is 0 Å². The summed E-state index contributed by atoms with van der Waals surface area (Å²) in [7, 11) is 0. The van der Waals surface area contributed by atoms with Gasteiger partial charge in [0.15, 0.2) is 0 Å². The fourth-order valence-corrected chi connectivity index (χ4v) is 1.43. The lowest BCUT2D eigenvalue weighted by molar-refractivity contribution is 1.41. The van der Waals surface area contributed by atoms with Crippen molar-refractivity contribution in [3.05, 3.63) is 46.5 Å². The van der Waals surface area contributed by atoms with E-state index in [2.05, 4.69) is 48.1 Å². The summed E-state index contributed by atoms with van der Waals surface area (Å²) >= 11 is 3.47. The van der Waals surface area contributed by atoms with E-state index in [1.807, 2.05) is 12.2 Å². The topological polar surface area (TPSA) is 0 Å². The van der Waals surface area contributed by atoms with Gasteiger partial charge in [0.25, 0.3) is 0 Å². The lowest BCUT2D eigenvalue weighted by Crippen LogP contribution is -1.83. The SMILES string of the molecule is C=Cc1cc(C)c(Br)cc1C=C.